The molecule has 0 aliphatic carbocycles. The van der Waals surface area contributed by atoms with Gasteiger partial charge in [0.2, 0.25) is 12.7 Å². The average molecular weight is 306 g/mol. The van der Waals surface area contributed by atoms with Crippen LogP contribution in [0, 0.1) is 6.92 Å². The third kappa shape index (κ3) is 2.94. The van der Waals surface area contributed by atoms with Gasteiger partial charge in [0.25, 0.3) is 0 Å². The number of anilines is 1. The van der Waals surface area contributed by atoms with Gasteiger partial charge in [-0.25, -0.2) is 0 Å². The minimum atomic E-state index is -0.112. The van der Waals surface area contributed by atoms with E-state index in [0.717, 1.165) is 5.82 Å². The molecule has 110 valence electrons. The molecule has 1 N–H and O–H groups in total. The molecule has 0 bridgehead atoms. The second-order valence-corrected chi connectivity index (χ2v) is 5.44. The SMILES string of the molecule is Cc1nnc(SCC(=O)Nc2ccc3c(c2)OCO3)n1C. The van der Waals surface area contributed by atoms with Crippen molar-refractivity contribution in [2.75, 3.05) is 17.9 Å². The van der Waals surface area contributed by atoms with Gasteiger partial charge in [0.15, 0.2) is 16.7 Å². The number of carbonyl (C=O) groups excluding carboxylic acids is 1. The molecule has 0 unspecified atom stereocenters. The van der Waals surface area contributed by atoms with E-state index in [2.05, 4.69) is 15.5 Å². The van der Waals surface area contributed by atoms with Gasteiger partial charge in [0.05, 0.1) is 5.75 Å². The van der Waals surface area contributed by atoms with Crippen LogP contribution in [0.2, 0.25) is 0 Å². The molecule has 7 nitrogen and oxygen atoms in total. The Balaban J connectivity index is 1.58. The fourth-order valence-corrected chi connectivity index (χ4v) is 2.57. The molecule has 2 heterocycles. The van der Waals surface area contributed by atoms with E-state index in [0.29, 0.717) is 22.3 Å². The monoisotopic (exact) mass is 306 g/mol. The lowest BCUT2D eigenvalue weighted by molar-refractivity contribution is -0.113. The number of hydrogen-bond donors (Lipinski definition) is 1. The highest BCUT2D eigenvalue weighted by Crippen LogP contribution is 2.34. The Kier molecular flexibility index (Phi) is 3.70. The molecular formula is C13H14N4O3S. The van der Waals surface area contributed by atoms with Crippen molar-refractivity contribution in [3.63, 3.8) is 0 Å². The van der Waals surface area contributed by atoms with Gasteiger partial charge in [-0.05, 0) is 19.1 Å². The third-order valence-electron chi connectivity index (χ3n) is 3.04. The zero-order chi connectivity index (χ0) is 14.8. The minimum Gasteiger partial charge on any atom is -0.454 e. The third-order valence-corrected chi connectivity index (χ3v) is 4.06. The quantitative estimate of drug-likeness (QED) is 0.864. The lowest BCUT2D eigenvalue weighted by Crippen LogP contribution is -2.14. The van der Waals surface area contributed by atoms with Gasteiger partial charge in [-0.2, -0.15) is 0 Å². The normalized spacial score (nSPS) is 12.5. The van der Waals surface area contributed by atoms with Crippen LogP contribution in [-0.2, 0) is 11.8 Å². The van der Waals surface area contributed by atoms with Gasteiger partial charge in [-0.15, -0.1) is 10.2 Å². The Morgan fingerprint density at radius 3 is 2.95 bits per heavy atom. The maximum atomic E-state index is 11.9. The lowest BCUT2D eigenvalue weighted by Gasteiger charge is -2.06. The number of ether oxygens (including phenoxy) is 2. The van der Waals surface area contributed by atoms with Gasteiger partial charge >= 0.3 is 0 Å². The van der Waals surface area contributed by atoms with E-state index < -0.39 is 0 Å². The zero-order valence-electron chi connectivity index (χ0n) is 11.6. The van der Waals surface area contributed by atoms with Crippen LogP contribution in [0.3, 0.4) is 0 Å². The summed E-state index contributed by atoms with van der Waals surface area (Å²) in [6.07, 6.45) is 0. The van der Waals surface area contributed by atoms with Crippen molar-refractivity contribution in [1.82, 2.24) is 14.8 Å². The Labute approximate surface area is 125 Å². The average Bonchev–Trinajstić information content (AvgIpc) is 3.05. The summed E-state index contributed by atoms with van der Waals surface area (Å²) in [6, 6.07) is 5.30. The molecule has 0 fully saturated rings. The van der Waals surface area contributed by atoms with E-state index in [-0.39, 0.29) is 18.5 Å². The Bertz CT molecular complexity index is 686. The lowest BCUT2D eigenvalue weighted by atomic mass is 10.3. The highest BCUT2D eigenvalue weighted by molar-refractivity contribution is 7.99. The molecule has 3 rings (SSSR count). The first kappa shape index (κ1) is 13.7. The molecule has 1 aromatic carbocycles. The van der Waals surface area contributed by atoms with Crippen LogP contribution in [0.4, 0.5) is 5.69 Å². The van der Waals surface area contributed by atoms with Crippen LogP contribution in [0.15, 0.2) is 23.4 Å². The molecular weight excluding hydrogens is 292 g/mol. The van der Waals surface area contributed by atoms with Crippen LogP contribution < -0.4 is 14.8 Å². The van der Waals surface area contributed by atoms with E-state index in [1.54, 1.807) is 18.2 Å². The number of carbonyl (C=O) groups is 1. The highest BCUT2D eigenvalue weighted by atomic mass is 32.2. The summed E-state index contributed by atoms with van der Waals surface area (Å²) >= 11 is 1.34. The van der Waals surface area contributed by atoms with Crippen molar-refractivity contribution >= 4 is 23.4 Å². The summed E-state index contributed by atoms with van der Waals surface area (Å²) in [7, 11) is 1.87. The number of nitrogens with one attached hydrogen (secondary N) is 1. The first-order valence-electron chi connectivity index (χ1n) is 6.32. The maximum absolute atomic E-state index is 11.9. The summed E-state index contributed by atoms with van der Waals surface area (Å²) in [4.78, 5) is 11.9. The molecule has 0 saturated heterocycles. The fraction of sp³-hybridized carbons (Fsp3) is 0.308. The first-order chi connectivity index (χ1) is 10.1. The van der Waals surface area contributed by atoms with Gasteiger partial charge in [0, 0.05) is 18.8 Å². The number of rotatable bonds is 4. The standard InChI is InChI=1S/C13H14N4O3S/c1-8-15-16-13(17(8)2)21-6-12(18)14-9-3-4-10-11(5-9)20-7-19-10/h3-5H,6-7H2,1-2H3,(H,14,18). The maximum Gasteiger partial charge on any atom is 0.234 e. The minimum absolute atomic E-state index is 0.112. The molecule has 2 aromatic rings. The Morgan fingerprint density at radius 1 is 1.38 bits per heavy atom. The molecule has 0 atom stereocenters. The molecule has 1 amide bonds. The summed E-state index contributed by atoms with van der Waals surface area (Å²) in [5.41, 5.74) is 0.680. The molecule has 8 heteroatoms. The smallest absolute Gasteiger partial charge is 0.234 e. The second-order valence-electron chi connectivity index (χ2n) is 4.49. The van der Waals surface area contributed by atoms with Crippen LogP contribution in [0.5, 0.6) is 11.5 Å². The molecule has 1 aliphatic rings. The summed E-state index contributed by atoms with van der Waals surface area (Å²) < 4.78 is 12.3. The zero-order valence-corrected chi connectivity index (χ0v) is 12.4. The number of benzene rings is 1. The van der Waals surface area contributed by atoms with Crippen LogP contribution >= 0.6 is 11.8 Å². The van der Waals surface area contributed by atoms with Gasteiger partial charge in [0.1, 0.15) is 5.82 Å². The Morgan fingerprint density at radius 2 is 2.19 bits per heavy atom. The summed E-state index contributed by atoms with van der Waals surface area (Å²) in [5.74, 6) is 2.30. The molecule has 21 heavy (non-hydrogen) atoms. The summed E-state index contributed by atoms with van der Waals surface area (Å²) in [5, 5.41) is 11.5. The number of amides is 1. The molecule has 1 aromatic heterocycles. The number of aryl methyl sites for hydroxylation is 1. The van der Waals surface area contributed by atoms with E-state index in [9.17, 15) is 4.79 Å². The van der Waals surface area contributed by atoms with Crippen molar-refractivity contribution in [3.05, 3.63) is 24.0 Å². The molecule has 0 saturated carbocycles. The van der Waals surface area contributed by atoms with Crippen molar-refractivity contribution in [2.45, 2.75) is 12.1 Å². The van der Waals surface area contributed by atoms with Gasteiger partial charge < -0.3 is 19.4 Å². The highest BCUT2D eigenvalue weighted by Gasteiger charge is 2.14. The molecule has 1 aliphatic heterocycles. The fourth-order valence-electron chi connectivity index (χ4n) is 1.81. The predicted molar refractivity (Wildman–Crippen MR) is 77.7 cm³/mol. The van der Waals surface area contributed by atoms with E-state index >= 15 is 0 Å². The van der Waals surface area contributed by atoms with Crippen LogP contribution in [0.1, 0.15) is 5.82 Å². The number of nitrogens with zero attached hydrogens (tertiary/aromatic N) is 3. The van der Waals surface area contributed by atoms with Crippen molar-refractivity contribution in [3.8, 4) is 11.5 Å². The number of fused-ring (bicyclic) bond motifs is 1. The Hall–Kier alpha value is -2.22. The predicted octanol–water partition coefficient (Wildman–Crippen LogP) is 1.58. The topological polar surface area (TPSA) is 78.3 Å². The van der Waals surface area contributed by atoms with E-state index in [4.69, 9.17) is 9.47 Å². The van der Waals surface area contributed by atoms with E-state index in [1.165, 1.54) is 11.8 Å². The van der Waals surface area contributed by atoms with Crippen molar-refractivity contribution < 1.29 is 14.3 Å². The second kappa shape index (κ2) is 5.65. The van der Waals surface area contributed by atoms with Crippen LogP contribution in [-0.4, -0.2) is 33.2 Å². The van der Waals surface area contributed by atoms with E-state index in [1.807, 2.05) is 18.5 Å². The van der Waals surface area contributed by atoms with Crippen LogP contribution in [0.25, 0.3) is 0 Å². The number of hydrogen-bond acceptors (Lipinski definition) is 6. The summed E-state index contributed by atoms with van der Waals surface area (Å²) in [6.45, 7) is 2.08. The molecule has 0 radical (unpaired) electrons. The van der Waals surface area contributed by atoms with Gasteiger partial charge in [-0.1, -0.05) is 11.8 Å². The molecule has 0 spiro atoms. The van der Waals surface area contributed by atoms with Crippen molar-refractivity contribution in [2.24, 2.45) is 7.05 Å². The largest absolute Gasteiger partial charge is 0.454 e. The number of thioether (sulfide) groups is 1. The number of aromatic nitrogens is 3. The van der Waals surface area contributed by atoms with Crippen molar-refractivity contribution in [1.29, 1.82) is 0 Å². The first-order valence-corrected chi connectivity index (χ1v) is 7.30. The van der Waals surface area contributed by atoms with Gasteiger partial charge in [-0.3, -0.25) is 4.79 Å².